The highest BCUT2D eigenvalue weighted by Gasteiger charge is 2.48. The fourth-order valence-electron chi connectivity index (χ4n) is 4.03. The molecule has 1 atom stereocenters. The number of methoxy groups -OCH3 is 2. The highest BCUT2D eigenvalue weighted by molar-refractivity contribution is 7.22. The minimum absolute atomic E-state index is 0.0351. The number of anilines is 1. The molecule has 1 aromatic heterocycles. The molecule has 2 N–H and O–H groups in total. The summed E-state index contributed by atoms with van der Waals surface area (Å²) in [7, 11) is 3.09. The van der Waals surface area contributed by atoms with E-state index in [1.165, 1.54) is 35.5 Å². The molecule has 1 saturated heterocycles. The number of nitrogens with zero attached hydrogens (tertiary/aromatic N) is 2. The number of benzene rings is 3. The van der Waals surface area contributed by atoms with Gasteiger partial charge in [-0.05, 0) is 60.2 Å². The standard InChI is InChI=1S/C26H20N2O6S/c1-33-17-9-5-15(6-10-17)23(30)21-22(14-3-7-16(29)8-4-14)28(25(32)24(21)31)26-27-19-12-11-18(34-2)13-20(19)35-26/h3-13,22,29-30H,1-2H3. The molecule has 5 rings (SSSR count). The summed E-state index contributed by atoms with van der Waals surface area (Å²) in [5, 5.41) is 21.3. The van der Waals surface area contributed by atoms with Crippen LogP contribution >= 0.6 is 11.3 Å². The molecule has 0 radical (unpaired) electrons. The quantitative estimate of drug-likeness (QED) is 0.239. The zero-order chi connectivity index (χ0) is 24.7. The van der Waals surface area contributed by atoms with Crippen molar-refractivity contribution in [2.75, 3.05) is 19.1 Å². The molecule has 0 spiro atoms. The van der Waals surface area contributed by atoms with Gasteiger partial charge in [-0.15, -0.1) is 0 Å². The lowest BCUT2D eigenvalue weighted by atomic mass is 9.95. The molecule has 8 nitrogen and oxygen atoms in total. The molecule has 0 aliphatic carbocycles. The Morgan fingerprint density at radius 3 is 2.26 bits per heavy atom. The Labute approximate surface area is 204 Å². The molecule has 0 saturated carbocycles. The first-order chi connectivity index (χ1) is 16.9. The van der Waals surface area contributed by atoms with Crippen LogP contribution < -0.4 is 14.4 Å². The maximum atomic E-state index is 13.3. The maximum absolute atomic E-state index is 13.3. The summed E-state index contributed by atoms with van der Waals surface area (Å²) >= 11 is 1.24. The Bertz CT molecular complexity index is 1470. The van der Waals surface area contributed by atoms with Crippen LogP contribution in [0.15, 0.2) is 72.3 Å². The van der Waals surface area contributed by atoms with Crippen molar-refractivity contribution in [2.24, 2.45) is 0 Å². The first kappa shape index (κ1) is 22.4. The monoisotopic (exact) mass is 488 g/mol. The number of fused-ring (bicyclic) bond motifs is 1. The number of ketones is 1. The lowest BCUT2D eigenvalue weighted by molar-refractivity contribution is -0.132. The number of hydrogen-bond acceptors (Lipinski definition) is 8. The summed E-state index contributed by atoms with van der Waals surface area (Å²) in [6.07, 6.45) is 0. The Hall–Kier alpha value is -4.37. The molecule has 1 aliphatic rings. The number of aromatic hydroxyl groups is 1. The Morgan fingerprint density at radius 2 is 1.60 bits per heavy atom. The highest BCUT2D eigenvalue weighted by atomic mass is 32.1. The number of hydrogen-bond donors (Lipinski definition) is 2. The van der Waals surface area contributed by atoms with Gasteiger partial charge in [-0.3, -0.25) is 14.5 Å². The number of thiazole rings is 1. The normalized spacial score (nSPS) is 17.2. The van der Waals surface area contributed by atoms with Gasteiger partial charge in [-0.1, -0.05) is 23.5 Å². The van der Waals surface area contributed by atoms with Gasteiger partial charge in [0.1, 0.15) is 23.0 Å². The minimum atomic E-state index is -0.944. The van der Waals surface area contributed by atoms with E-state index in [4.69, 9.17) is 9.47 Å². The zero-order valence-electron chi connectivity index (χ0n) is 18.8. The van der Waals surface area contributed by atoms with E-state index in [0.29, 0.717) is 33.3 Å². The van der Waals surface area contributed by atoms with Gasteiger partial charge < -0.3 is 19.7 Å². The topological polar surface area (TPSA) is 109 Å². The van der Waals surface area contributed by atoms with Crippen LogP contribution in [0.2, 0.25) is 0 Å². The molecule has 35 heavy (non-hydrogen) atoms. The largest absolute Gasteiger partial charge is 0.508 e. The zero-order valence-corrected chi connectivity index (χ0v) is 19.6. The average molecular weight is 489 g/mol. The summed E-state index contributed by atoms with van der Waals surface area (Å²) in [6.45, 7) is 0. The fraction of sp³-hybridized carbons (Fsp3) is 0.115. The molecule has 2 heterocycles. The number of Topliss-reactive ketones (excluding diaryl/α,β-unsaturated/α-hetero) is 1. The van der Waals surface area contributed by atoms with E-state index in [9.17, 15) is 19.8 Å². The molecule has 9 heteroatoms. The lowest BCUT2D eigenvalue weighted by Crippen LogP contribution is -2.29. The van der Waals surface area contributed by atoms with Crippen molar-refractivity contribution in [3.8, 4) is 17.2 Å². The number of phenolic OH excluding ortho intramolecular Hbond substituents is 1. The molecule has 3 aromatic carbocycles. The number of carbonyl (C=O) groups is 2. The van der Waals surface area contributed by atoms with E-state index in [0.717, 1.165) is 4.70 Å². The van der Waals surface area contributed by atoms with Gasteiger partial charge in [-0.25, -0.2) is 4.98 Å². The second-order valence-corrected chi connectivity index (χ2v) is 8.83. The van der Waals surface area contributed by atoms with Crippen molar-refractivity contribution in [2.45, 2.75) is 6.04 Å². The molecular weight excluding hydrogens is 468 g/mol. The van der Waals surface area contributed by atoms with Crippen molar-refractivity contribution in [1.29, 1.82) is 0 Å². The summed E-state index contributed by atoms with van der Waals surface area (Å²) < 4.78 is 11.2. The van der Waals surface area contributed by atoms with Gasteiger partial charge in [0, 0.05) is 5.56 Å². The molecule has 1 fully saturated rings. The second kappa shape index (κ2) is 8.77. The molecule has 4 aromatic rings. The van der Waals surface area contributed by atoms with E-state index >= 15 is 0 Å². The van der Waals surface area contributed by atoms with E-state index in [1.807, 2.05) is 0 Å². The van der Waals surface area contributed by atoms with Crippen LogP contribution in [0.5, 0.6) is 17.2 Å². The van der Waals surface area contributed by atoms with E-state index in [-0.39, 0.29) is 17.1 Å². The van der Waals surface area contributed by atoms with Gasteiger partial charge in [-0.2, -0.15) is 0 Å². The third-order valence-corrected chi connectivity index (χ3v) is 6.82. The van der Waals surface area contributed by atoms with E-state index in [2.05, 4.69) is 4.98 Å². The number of carbonyl (C=O) groups excluding carboxylic acids is 2. The van der Waals surface area contributed by atoms with Crippen LogP contribution in [0.4, 0.5) is 5.13 Å². The van der Waals surface area contributed by atoms with Gasteiger partial charge in [0.2, 0.25) is 0 Å². The van der Waals surface area contributed by atoms with E-state index in [1.54, 1.807) is 61.7 Å². The highest BCUT2D eigenvalue weighted by Crippen LogP contribution is 2.44. The van der Waals surface area contributed by atoms with Crippen LogP contribution in [-0.2, 0) is 9.59 Å². The van der Waals surface area contributed by atoms with Crippen LogP contribution in [0.1, 0.15) is 17.2 Å². The average Bonchev–Trinajstić information content (AvgIpc) is 3.41. The predicted octanol–water partition coefficient (Wildman–Crippen LogP) is 4.65. The number of aromatic nitrogens is 1. The smallest absolute Gasteiger partial charge is 0.301 e. The predicted molar refractivity (Wildman–Crippen MR) is 132 cm³/mol. The molecule has 176 valence electrons. The molecule has 1 amide bonds. The van der Waals surface area contributed by atoms with Gasteiger partial charge >= 0.3 is 5.91 Å². The molecular formula is C26H20N2O6S. The minimum Gasteiger partial charge on any atom is -0.508 e. The summed E-state index contributed by atoms with van der Waals surface area (Å²) in [4.78, 5) is 32.4. The van der Waals surface area contributed by atoms with Crippen LogP contribution in [0.25, 0.3) is 16.0 Å². The van der Waals surface area contributed by atoms with Crippen molar-refractivity contribution in [1.82, 2.24) is 4.98 Å². The molecule has 1 unspecified atom stereocenters. The number of phenols is 1. The summed E-state index contributed by atoms with van der Waals surface area (Å²) in [6, 6.07) is 17.1. The Balaban J connectivity index is 1.69. The summed E-state index contributed by atoms with van der Waals surface area (Å²) in [5.41, 5.74) is 1.48. The van der Waals surface area contributed by atoms with Crippen LogP contribution in [0, 0.1) is 0 Å². The van der Waals surface area contributed by atoms with Crippen LogP contribution in [0.3, 0.4) is 0 Å². The first-order valence-electron chi connectivity index (χ1n) is 10.6. The fourth-order valence-corrected chi connectivity index (χ4v) is 5.05. The van der Waals surface area contributed by atoms with Crippen molar-refractivity contribution in [3.63, 3.8) is 0 Å². The number of amides is 1. The maximum Gasteiger partial charge on any atom is 0.301 e. The molecule has 1 aliphatic heterocycles. The number of aliphatic hydroxyl groups excluding tert-OH is 1. The number of rotatable bonds is 5. The van der Waals surface area contributed by atoms with Crippen molar-refractivity contribution in [3.05, 3.63) is 83.4 Å². The Morgan fingerprint density at radius 1 is 0.943 bits per heavy atom. The third kappa shape index (κ3) is 3.85. The number of ether oxygens (including phenoxy) is 2. The van der Waals surface area contributed by atoms with Crippen molar-refractivity contribution >= 4 is 44.1 Å². The lowest BCUT2D eigenvalue weighted by Gasteiger charge is -2.23. The van der Waals surface area contributed by atoms with Gasteiger partial charge in [0.25, 0.3) is 5.78 Å². The van der Waals surface area contributed by atoms with Gasteiger partial charge in [0.05, 0.1) is 36.1 Å². The second-order valence-electron chi connectivity index (χ2n) is 7.82. The molecule has 0 bridgehead atoms. The number of aliphatic hydroxyl groups is 1. The van der Waals surface area contributed by atoms with Gasteiger partial charge in [0.15, 0.2) is 5.13 Å². The summed E-state index contributed by atoms with van der Waals surface area (Å²) in [5.74, 6) is -0.675. The SMILES string of the molecule is COc1ccc(C(O)=C2C(=O)C(=O)N(c3nc4ccc(OC)cc4s3)C2c2ccc(O)cc2)cc1. The van der Waals surface area contributed by atoms with Crippen molar-refractivity contribution < 1.29 is 29.3 Å². The first-order valence-corrected chi connectivity index (χ1v) is 11.4. The van der Waals surface area contributed by atoms with E-state index < -0.39 is 17.7 Å². The third-order valence-electron chi connectivity index (χ3n) is 5.81. The Kier molecular flexibility index (Phi) is 5.62. The van der Waals surface area contributed by atoms with Crippen LogP contribution in [-0.4, -0.2) is 41.1 Å².